The van der Waals surface area contributed by atoms with Crippen molar-refractivity contribution >= 4 is 37.6 Å². The first-order chi connectivity index (χ1) is 15.5. The highest BCUT2D eigenvalue weighted by atomic mass is 32.2. The molecule has 178 valence electrons. The number of nitrogens with zero attached hydrogens (tertiary/aromatic N) is 1. The van der Waals surface area contributed by atoms with Gasteiger partial charge in [0.1, 0.15) is 6.04 Å². The Morgan fingerprint density at radius 3 is 2.42 bits per heavy atom. The second-order valence-electron chi connectivity index (χ2n) is 7.67. The molecule has 0 aromatic heterocycles. The van der Waals surface area contributed by atoms with Crippen molar-refractivity contribution in [1.29, 1.82) is 0 Å². The fourth-order valence-electron chi connectivity index (χ4n) is 3.45. The third-order valence-corrected chi connectivity index (χ3v) is 7.98. The molecule has 1 heterocycles. The predicted octanol–water partition coefficient (Wildman–Crippen LogP) is 1.37. The number of amides is 1. The highest BCUT2D eigenvalue weighted by Crippen LogP contribution is 2.26. The van der Waals surface area contributed by atoms with Gasteiger partial charge in [0.25, 0.3) is 5.91 Å². The maximum absolute atomic E-state index is 13.1. The van der Waals surface area contributed by atoms with Crippen molar-refractivity contribution in [2.75, 3.05) is 18.5 Å². The summed E-state index contributed by atoms with van der Waals surface area (Å²) in [6.45, 7) is 1.35. The number of nitrogens with one attached hydrogen (secondary N) is 1. The van der Waals surface area contributed by atoms with Crippen LogP contribution in [0.3, 0.4) is 0 Å². The van der Waals surface area contributed by atoms with Crippen LogP contribution in [-0.4, -0.2) is 52.2 Å². The number of primary sulfonamides is 1. The van der Waals surface area contributed by atoms with Crippen LogP contribution in [0.4, 0.5) is 5.69 Å². The largest absolute Gasteiger partial charge is 0.454 e. The molecule has 33 heavy (non-hydrogen) atoms. The highest BCUT2D eigenvalue weighted by molar-refractivity contribution is 7.89. The molecular formula is C21H25N3O7S2. The van der Waals surface area contributed by atoms with Crippen molar-refractivity contribution in [1.82, 2.24) is 4.31 Å². The molecule has 1 atom stereocenters. The summed E-state index contributed by atoms with van der Waals surface area (Å²) in [4.78, 5) is 24.8. The molecule has 1 amide bonds. The number of benzene rings is 2. The Hall–Kier alpha value is -2.80. The molecule has 1 fully saturated rings. The molecule has 0 bridgehead atoms. The van der Waals surface area contributed by atoms with E-state index in [1.807, 2.05) is 6.92 Å². The zero-order chi connectivity index (χ0) is 24.2. The Balaban J connectivity index is 1.66. The second-order valence-corrected chi connectivity index (χ2v) is 11.1. The molecule has 0 saturated carbocycles. The summed E-state index contributed by atoms with van der Waals surface area (Å²) in [5.74, 6) is -1.53. The Morgan fingerprint density at radius 1 is 1.06 bits per heavy atom. The van der Waals surface area contributed by atoms with Crippen LogP contribution in [0.25, 0.3) is 0 Å². The zero-order valence-electron chi connectivity index (χ0n) is 17.9. The number of carbonyl (C=O) groups is 2. The minimum Gasteiger partial charge on any atom is -0.454 e. The highest BCUT2D eigenvalue weighted by Gasteiger charge is 2.38. The fourth-order valence-corrected chi connectivity index (χ4v) is 5.66. The molecule has 2 aromatic rings. The first-order valence-electron chi connectivity index (χ1n) is 10.2. The number of hydrogen-bond donors (Lipinski definition) is 2. The summed E-state index contributed by atoms with van der Waals surface area (Å²) in [5.41, 5.74) is 1.06. The van der Waals surface area contributed by atoms with Crippen LogP contribution < -0.4 is 10.5 Å². The topological polar surface area (TPSA) is 153 Å². The third-order valence-electron chi connectivity index (χ3n) is 5.15. The van der Waals surface area contributed by atoms with E-state index in [4.69, 9.17) is 9.88 Å². The monoisotopic (exact) mass is 495 g/mol. The first kappa shape index (κ1) is 24.8. The number of sulfonamides is 2. The van der Waals surface area contributed by atoms with Gasteiger partial charge in [-0.15, -0.1) is 0 Å². The quantitative estimate of drug-likeness (QED) is 0.550. The molecule has 0 spiro atoms. The van der Waals surface area contributed by atoms with Gasteiger partial charge in [-0.1, -0.05) is 23.8 Å². The molecule has 3 rings (SSSR count). The Bertz CT molecular complexity index is 1240. The van der Waals surface area contributed by atoms with E-state index in [2.05, 4.69) is 5.32 Å². The van der Waals surface area contributed by atoms with Gasteiger partial charge in [0.15, 0.2) is 6.61 Å². The van der Waals surface area contributed by atoms with Crippen molar-refractivity contribution in [3.05, 3.63) is 54.1 Å². The average molecular weight is 496 g/mol. The number of esters is 1. The Kier molecular flexibility index (Phi) is 7.52. The van der Waals surface area contributed by atoms with Gasteiger partial charge in [-0.2, -0.15) is 4.31 Å². The number of rotatable bonds is 7. The number of hydrogen-bond acceptors (Lipinski definition) is 7. The van der Waals surface area contributed by atoms with Crippen molar-refractivity contribution in [3.8, 4) is 0 Å². The smallest absolute Gasteiger partial charge is 0.324 e. The average Bonchev–Trinajstić information content (AvgIpc) is 2.77. The summed E-state index contributed by atoms with van der Waals surface area (Å²) in [6.07, 6.45) is 1.53. The van der Waals surface area contributed by atoms with Crippen LogP contribution in [0.5, 0.6) is 0 Å². The number of piperidine rings is 1. The number of ether oxygens (including phenoxy) is 1. The molecule has 1 aliphatic heterocycles. The lowest BCUT2D eigenvalue weighted by molar-refractivity contribution is -0.152. The van der Waals surface area contributed by atoms with Crippen molar-refractivity contribution in [2.24, 2.45) is 5.14 Å². The van der Waals surface area contributed by atoms with Crippen LogP contribution in [0.15, 0.2) is 58.3 Å². The third kappa shape index (κ3) is 6.16. The SMILES string of the molecule is Cc1ccc(S(=O)(=O)N2CCCCC2C(=O)OCC(=O)Nc2cccc(S(N)(=O)=O)c2)cc1. The van der Waals surface area contributed by atoms with E-state index < -0.39 is 44.6 Å². The van der Waals surface area contributed by atoms with Crippen molar-refractivity contribution in [3.63, 3.8) is 0 Å². The molecule has 2 aromatic carbocycles. The van der Waals surface area contributed by atoms with Gasteiger partial charge in [-0.25, -0.2) is 22.0 Å². The zero-order valence-corrected chi connectivity index (χ0v) is 19.6. The number of anilines is 1. The van der Waals surface area contributed by atoms with E-state index in [0.29, 0.717) is 12.8 Å². The van der Waals surface area contributed by atoms with Gasteiger partial charge in [-0.3, -0.25) is 9.59 Å². The van der Waals surface area contributed by atoms with Gasteiger partial charge < -0.3 is 10.1 Å². The van der Waals surface area contributed by atoms with Gasteiger partial charge in [0.2, 0.25) is 20.0 Å². The lowest BCUT2D eigenvalue weighted by Gasteiger charge is -2.33. The summed E-state index contributed by atoms with van der Waals surface area (Å²) in [6, 6.07) is 10.6. The predicted molar refractivity (Wildman–Crippen MR) is 120 cm³/mol. The summed E-state index contributed by atoms with van der Waals surface area (Å²) >= 11 is 0. The molecular weight excluding hydrogens is 470 g/mol. The second kappa shape index (κ2) is 10.00. The molecule has 3 N–H and O–H groups in total. The van der Waals surface area contributed by atoms with Gasteiger partial charge >= 0.3 is 5.97 Å². The van der Waals surface area contributed by atoms with Crippen LogP contribution in [0, 0.1) is 6.92 Å². The van der Waals surface area contributed by atoms with Crippen molar-refractivity contribution < 1.29 is 31.2 Å². The number of carbonyl (C=O) groups excluding carboxylic acids is 2. The molecule has 1 aliphatic rings. The standard InChI is InChI=1S/C21H25N3O7S2/c1-15-8-10-17(11-9-15)33(29,30)24-12-3-2-7-19(24)21(26)31-14-20(25)23-16-5-4-6-18(13-16)32(22,27)28/h4-6,8-11,13,19H,2-3,7,12,14H2,1H3,(H,23,25)(H2,22,27,28). The van der Waals surface area contributed by atoms with Gasteiger partial charge in [-0.05, 0) is 56.5 Å². The molecule has 0 radical (unpaired) electrons. The first-order valence-corrected chi connectivity index (χ1v) is 13.1. The van der Waals surface area contributed by atoms with E-state index in [1.54, 1.807) is 12.1 Å². The molecule has 12 heteroatoms. The van der Waals surface area contributed by atoms with Crippen LogP contribution in [-0.2, 0) is 34.4 Å². The molecule has 10 nitrogen and oxygen atoms in total. The number of nitrogens with two attached hydrogens (primary N) is 1. The van der Waals surface area contributed by atoms with Gasteiger partial charge in [0, 0.05) is 12.2 Å². The van der Waals surface area contributed by atoms with E-state index in [1.165, 1.54) is 36.4 Å². The summed E-state index contributed by atoms with van der Waals surface area (Å²) < 4.78 is 55.3. The molecule has 0 aliphatic carbocycles. The Morgan fingerprint density at radius 2 is 1.76 bits per heavy atom. The van der Waals surface area contributed by atoms with Crippen LogP contribution >= 0.6 is 0 Å². The van der Waals surface area contributed by atoms with Crippen molar-refractivity contribution in [2.45, 2.75) is 42.0 Å². The summed E-state index contributed by atoms with van der Waals surface area (Å²) in [5, 5.41) is 7.49. The maximum Gasteiger partial charge on any atom is 0.324 e. The minimum absolute atomic E-state index is 0.0836. The lowest BCUT2D eigenvalue weighted by Crippen LogP contribution is -2.48. The normalized spacial score (nSPS) is 17.3. The van der Waals surface area contributed by atoms with E-state index >= 15 is 0 Å². The van der Waals surface area contributed by atoms with E-state index in [0.717, 1.165) is 9.87 Å². The van der Waals surface area contributed by atoms with E-state index in [9.17, 15) is 26.4 Å². The fraction of sp³-hybridized carbons (Fsp3) is 0.333. The van der Waals surface area contributed by atoms with Gasteiger partial charge in [0.05, 0.1) is 9.79 Å². The summed E-state index contributed by atoms with van der Waals surface area (Å²) in [7, 11) is -7.86. The van der Waals surface area contributed by atoms with Crippen LogP contribution in [0.2, 0.25) is 0 Å². The van der Waals surface area contributed by atoms with E-state index in [-0.39, 0.29) is 28.4 Å². The minimum atomic E-state index is -3.95. The van der Waals surface area contributed by atoms with Crippen LogP contribution in [0.1, 0.15) is 24.8 Å². The molecule has 1 unspecified atom stereocenters. The lowest BCUT2D eigenvalue weighted by atomic mass is 10.1. The number of aryl methyl sites for hydroxylation is 1. The molecule has 1 saturated heterocycles. The Labute approximate surface area is 192 Å². The maximum atomic E-state index is 13.1.